The Labute approximate surface area is 237 Å². The summed E-state index contributed by atoms with van der Waals surface area (Å²) in [7, 11) is 0. The van der Waals surface area contributed by atoms with Crippen LogP contribution in [0.3, 0.4) is 0 Å². The van der Waals surface area contributed by atoms with Crippen molar-refractivity contribution >= 4 is 29.3 Å². The van der Waals surface area contributed by atoms with Crippen molar-refractivity contribution in [2.24, 2.45) is 15.9 Å². The molecule has 0 radical (unpaired) electrons. The Bertz CT molecular complexity index is 1380. The number of allylic oxidation sites excluding steroid dienone is 1. The number of nitrogens with one attached hydrogen (secondary N) is 1. The minimum Gasteiger partial charge on any atom is -0.355 e. The van der Waals surface area contributed by atoms with Crippen LogP contribution in [0.15, 0.2) is 69.9 Å². The molecule has 2 aromatic rings. The summed E-state index contributed by atoms with van der Waals surface area (Å²) in [6, 6.07) is 8.12. The van der Waals surface area contributed by atoms with Gasteiger partial charge >= 0.3 is 6.18 Å². The van der Waals surface area contributed by atoms with Gasteiger partial charge in [-0.15, -0.1) is 0 Å². The van der Waals surface area contributed by atoms with Crippen LogP contribution < -0.4 is 5.32 Å². The highest BCUT2D eigenvalue weighted by molar-refractivity contribution is 5.97. The number of halogens is 4. The normalized spacial score (nSPS) is 15.0. The monoisotopic (exact) mass is 573 g/mol. The van der Waals surface area contributed by atoms with Gasteiger partial charge in [0.25, 0.3) is 5.91 Å². The van der Waals surface area contributed by atoms with Crippen molar-refractivity contribution in [3.63, 3.8) is 0 Å². The third-order valence-electron chi connectivity index (χ3n) is 6.46. The summed E-state index contributed by atoms with van der Waals surface area (Å²) in [6.07, 6.45) is 0.592. The van der Waals surface area contributed by atoms with Gasteiger partial charge in [0.1, 0.15) is 17.3 Å². The van der Waals surface area contributed by atoms with Gasteiger partial charge in [-0.3, -0.25) is 15.0 Å². The maximum absolute atomic E-state index is 14.1. The van der Waals surface area contributed by atoms with Gasteiger partial charge in [0.15, 0.2) is 0 Å². The first-order chi connectivity index (χ1) is 19.3. The first kappa shape index (κ1) is 31.5. The third kappa shape index (κ3) is 8.03. The Morgan fingerprint density at radius 2 is 1.95 bits per heavy atom. The van der Waals surface area contributed by atoms with Crippen molar-refractivity contribution in [1.82, 2.24) is 9.96 Å². The van der Waals surface area contributed by atoms with Gasteiger partial charge < -0.3 is 10.2 Å². The molecule has 0 spiro atoms. The molecule has 220 valence electrons. The van der Waals surface area contributed by atoms with E-state index in [9.17, 15) is 27.6 Å². The highest BCUT2D eigenvalue weighted by Gasteiger charge is 2.34. The number of fused-ring (bicyclic) bond motifs is 1. The predicted octanol–water partition coefficient (Wildman–Crippen LogP) is 7.12. The highest BCUT2D eigenvalue weighted by atomic mass is 19.4. The van der Waals surface area contributed by atoms with Gasteiger partial charge in [-0.25, -0.2) is 14.4 Å². The molecule has 0 saturated carbocycles. The van der Waals surface area contributed by atoms with E-state index in [0.29, 0.717) is 30.6 Å². The van der Waals surface area contributed by atoms with E-state index in [-0.39, 0.29) is 36.3 Å². The van der Waals surface area contributed by atoms with Crippen LogP contribution in [-0.4, -0.2) is 46.2 Å². The van der Waals surface area contributed by atoms with Crippen LogP contribution in [0.2, 0.25) is 0 Å². The van der Waals surface area contributed by atoms with Crippen LogP contribution >= 0.6 is 0 Å². The summed E-state index contributed by atoms with van der Waals surface area (Å²) in [6.45, 7) is 9.91. The Kier molecular flexibility index (Phi) is 10.4. The Morgan fingerprint density at radius 3 is 2.56 bits per heavy atom. The molecular weight excluding hydrogens is 538 g/mol. The van der Waals surface area contributed by atoms with E-state index < -0.39 is 17.6 Å². The number of hydroxylamine groups is 2. The van der Waals surface area contributed by atoms with Crippen molar-refractivity contribution in [3.05, 3.63) is 82.5 Å². The molecule has 0 fully saturated rings. The predicted molar refractivity (Wildman–Crippen MR) is 153 cm³/mol. The molecule has 2 N–H and O–H groups in total. The molecule has 0 aliphatic carbocycles. The van der Waals surface area contributed by atoms with Crippen LogP contribution in [0.25, 0.3) is 0 Å². The number of anilines is 2. The second-order valence-corrected chi connectivity index (χ2v) is 9.98. The van der Waals surface area contributed by atoms with Gasteiger partial charge in [-0.2, -0.15) is 13.2 Å². The van der Waals surface area contributed by atoms with E-state index in [1.54, 1.807) is 49.4 Å². The fourth-order valence-corrected chi connectivity index (χ4v) is 4.44. The van der Waals surface area contributed by atoms with Crippen molar-refractivity contribution in [2.75, 3.05) is 18.4 Å². The summed E-state index contributed by atoms with van der Waals surface area (Å²) >= 11 is 0. The van der Waals surface area contributed by atoms with Crippen molar-refractivity contribution < 1.29 is 27.6 Å². The van der Waals surface area contributed by atoms with Gasteiger partial charge in [0.2, 0.25) is 0 Å². The van der Waals surface area contributed by atoms with E-state index in [4.69, 9.17) is 0 Å². The highest BCUT2D eigenvalue weighted by Crippen LogP contribution is 2.34. The maximum Gasteiger partial charge on any atom is 0.419 e. The number of hydrogen-bond acceptors (Lipinski definition) is 5. The third-order valence-corrected chi connectivity index (χ3v) is 6.46. The second kappa shape index (κ2) is 13.6. The lowest BCUT2D eigenvalue weighted by molar-refractivity contribution is -0.140. The van der Waals surface area contributed by atoms with Crippen molar-refractivity contribution in [1.29, 1.82) is 0 Å². The fourth-order valence-electron chi connectivity index (χ4n) is 4.44. The van der Waals surface area contributed by atoms with Gasteiger partial charge in [-0.05, 0) is 68.2 Å². The lowest BCUT2D eigenvalue weighted by atomic mass is 9.97. The van der Waals surface area contributed by atoms with E-state index in [1.807, 2.05) is 26.8 Å². The van der Waals surface area contributed by atoms with E-state index >= 15 is 0 Å². The van der Waals surface area contributed by atoms with E-state index in [0.717, 1.165) is 27.8 Å². The summed E-state index contributed by atoms with van der Waals surface area (Å²) in [5.41, 5.74) is 2.25. The lowest BCUT2D eigenvalue weighted by Gasteiger charge is -2.31. The fraction of sp³-hybridized carbons (Fsp3) is 0.367. The molecule has 3 rings (SSSR count). The molecule has 2 aromatic carbocycles. The zero-order valence-electron chi connectivity index (χ0n) is 23.8. The molecule has 7 nitrogen and oxygen atoms in total. The van der Waals surface area contributed by atoms with Crippen molar-refractivity contribution in [3.8, 4) is 0 Å². The van der Waals surface area contributed by atoms with E-state index in [2.05, 4.69) is 15.3 Å². The SMILES string of the molecule is CC=N/C=C(\C)CN(O)C(=N/C(=C\C)C(=O)N1CCc2c(cccc2Nc2ccc(C(F)(F)F)c(F)c2)C1)C(C)C. The van der Waals surface area contributed by atoms with Crippen LogP contribution in [0, 0.1) is 11.7 Å². The molecule has 1 aliphatic rings. The Balaban J connectivity index is 1.79. The molecule has 0 atom stereocenters. The molecule has 0 bridgehead atoms. The molecule has 0 unspecified atom stereocenters. The summed E-state index contributed by atoms with van der Waals surface area (Å²) in [5, 5.41) is 14.7. The molecule has 1 amide bonds. The number of benzene rings is 2. The van der Waals surface area contributed by atoms with Gasteiger partial charge in [-0.1, -0.05) is 32.1 Å². The topological polar surface area (TPSA) is 80.5 Å². The number of amides is 1. The molecule has 1 aliphatic heterocycles. The molecule has 11 heteroatoms. The Morgan fingerprint density at radius 1 is 1.22 bits per heavy atom. The zero-order chi connectivity index (χ0) is 30.3. The number of aliphatic imine (C=N–C) groups is 2. The molecule has 0 aromatic heterocycles. The lowest BCUT2D eigenvalue weighted by Crippen LogP contribution is -2.38. The smallest absolute Gasteiger partial charge is 0.355 e. The standard InChI is InChI=1S/C30H35F4N5O2/c1-6-26(37-28(19(3)4)39(41)17-20(5)16-35-7-2)29(40)38-14-13-23-21(18-38)9-8-10-27(23)36-22-11-12-24(25(31)15-22)30(32,33)34/h6-12,15-16,19,36,41H,13-14,17-18H2,1-5H3/b20-16+,26-6-,35-7?,37-28?. The molecule has 1 heterocycles. The van der Waals surface area contributed by atoms with Crippen molar-refractivity contribution in [2.45, 2.75) is 53.8 Å². The quantitative estimate of drug-likeness (QED) is 0.116. The number of carbonyl (C=O) groups excluding carboxylic acids is 1. The molecule has 0 saturated heterocycles. The number of nitrogens with zero attached hydrogens (tertiary/aromatic N) is 4. The largest absolute Gasteiger partial charge is 0.419 e. The van der Waals surface area contributed by atoms with Crippen LogP contribution in [0.4, 0.5) is 28.9 Å². The number of amidine groups is 1. The van der Waals surface area contributed by atoms with Crippen LogP contribution in [-0.2, 0) is 23.9 Å². The van der Waals surface area contributed by atoms with Gasteiger partial charge in [0, 0.05) is 42.8 Å². The number of carbonyl (C=O) groups is 1. The molecule has 41 heavy (non-hydrogen) atoms. The minimum atomic E-state index is -4.77. The number of alkyl halides is 3. The number of rotatable bonds is 8. The van der Waals surface area contributed by atoms with Gasteiger partial charge in [0.05, 0.1) is 12.1 Å². The summed E-state index contributed by atoms with van der Waals surface area (Å²) in [4.78, 5) is 23.7. The minimum absolute atomic E-state index is 0.170. The Hall–Kier alpha value is -3.99. The van der Waals surface area contributed by atoms with Crippen LogP contribution in [0.1, 0.15) is 51.3 Å². The number of hydrogen-bond donors (Lipinski definition) is 2. The molecular formula is C30H35F4N5O2. The average Bonchev–Trinajstić information content (AvgIpc) is 2.91. The zero-order valence-corrected chi connectivity index (χ0v) is 23.8. The first-order valence-electron chi connectivity index (χ1n) is 13.2. The summed E-state index contributed by atoms with van der Waals surface area (Å²) < 4.78 is 52.9. The van der Waals surface area contributed by atoms with Crippen LogP contribution in [0.5, 0.6) is 0 Å². The first-order valence-corrected chi connectivity index (χ1v) is 13.2. The van der Waals surface area contributed by atoms with E-state index in [1.165, 1.54) is 6.07 Å². The second-order valence-electron chi connectivity index (χ2n) is 9.98. The summed E-state index contributed by atoms with van der Waals surface area (Å²) in [5.74, 6) is -1.48. The maximum atomic E-state index is 14.1. The average molecular weight is 574 g/mol.